The molecule has 130 valence electrons. The summed E-state index contributed by atoms with van der Waals surface area (Å²) in [7, 11) is 3.91. The summed E-state index contributed by atoms with van der Waals surface area (Å²) in [5.41, 5.74) is 0.416. The minimum absolute atomic E-state index is 0.416. The van der Waals surface area contributed by atoms with Crippen molar-refractivity contribution in [3.05, 3.63) is 0 Å². The number of nitrogens with zero attached hydrogens (tertiary/aromatic N) is 2. The van der Waals surface area contributed by atoms with E-state index in [4.69, 9.17) is 9.73 Å². The van der Waals surface area contributed by atoms with Crippen molar-refractivity contribution in [2.24, 2.45) is 10.4 Å². The maximum Gasteiger partial charge on any atom is 0.191 e. The van der Waals surface area contributed by atoms with Crippen molar-refractivity contribution < 1.29 is 4.74 Å². The van der Waals surface area contributed by atoms with Crippen molar-refractivity contribution in [3.63, 3.8) is 0 Å². The minimum Gasteiger partial charge on any atom is -0.385 e. The van der Waals surface area contributed by atoms with Gasteiger partial charge in [-0.05, 0) is 38.6 Å². The molecule has 5 nitrogen and oxygen atoms in total. The molecule has 1 fully saturated rings. The van der Waals surface area contributed by atoms with Crippen molar-refractivity contribution >= 4 is 5.96 Å². The van der Waals surface area contributed by atoms with E-state index in [9.17, 15) is 0 Å². The maximum atomic E-state index is 5.09. The third-order valence-corrected chi connectivity index (χ3v) is 4.45. The molecular formula is C17H36N4O. The standard InChI is InChI=1S/C17H36N4O/c1-5-18-16(20-15-17(2)9-6-7-10-17)19-11-13-21(3)12-8-14-22-4/h5-15H2,1-4H3,(H2,18,19,20). The fraction of sp³-hybridized carbons (Fsp3) is 0.941. The lowest BCUT2D eigenvalue weighted by Crippen LogP contribution is -2.41. The van der Waals surface area contributed by atoms with Crippen molar-refractivity contribution in [3.8, 4) is 0 Å². The number of rotatable bonds is 10. The van der Waals surface area contributed by atoms with Gasteiger partial charge in [0.05, 0.1) is 0 Å². The van der Waals surface area contributed by atoms with Gasteiger partial charge in [-0.2, -0.15) is 0 Å². The molecule has 0 aromatic heterocycles. The van der Waals surface area contributed by atoms with Crippen LogP contribution in [0, 0.1) is 5.41 Å². The summed E-state index contributed by atoms with van der Waals surface area (Å²) in [5, 5.41) is 6.80. The number of guanidine groups is 1. The van der Waals surface area contributed by atoms with Crippen LogP contribution in [-0.2, 0) is 4.74 Å². The summed E-state index contributed by atoms with van der Waals surface area (Å²) < 4.78 is 5.09. The monoisotopic (exact) mass is 312 g/mol. The highest BCUT2D eigenvalue weighted by Gasteiger charge is 2.28. The fourth-order valence-corrected chi connectivity index (χ4v) is 2.95. The second-order valence-corrected chi connectivity index (χ2v) is 6.79. The van der Waals surface area contributed by atoms with Crippen LogP contribution in [0.1, 0.15) is 46.0 Å². The number of nitrogens with one attached hydrogen (secondary N) is 2. The Hall–Kier alpha value is -0.810. The molecule has 0 aromatic carbocycles. The van der Waals surface area contributed by atoms with Crippen LogP contribution in [0.4, 0.5) is 0 Å². The Kier molecular flexibility index (Phi) is 9.48. The lowest BCUT2D eigenvalue weighted by molar-refractivity contribution is 0.180. The van der Waals surface area contributed by atoms with Gasteiger partial charge in [0.1, 0.15) is 0 Å². The topological polar surface area (TPSA) is 48.9 Å². The second-order valence-electron chi connectivity index (χ2n) is 6.79. The molecule has 1 rings (SSSR count). The number of hydrogen-bond donors (Lipinski definition) is 2. The van der Waals surface area contributed by atoms with Crippen LogP contribution < -0.4 is 10.6 Å². The van der Waals surface area contributed by atoms with E-state index in [1.807, 2.05) is 0 Å². The van der Waals surface area contributed by atoms with Crippen molar-refractivity contribution in [1.82, 2.24) is 15.5 Å². The van der Waals surface area contributed by atoms with E-state index in [0.29, 0.717) is 5.41 Å². The van der Waals surface area contributed by atoms with E-state index in [-0.39, 0.29) is 0 Å². The van der Waals surface area contributed by atoms with Crippen LogP contribution in [0.2, 0.25) is 0 Å². The van der Waals surface area contributed by atoms with E-state index >= 15 is 0 Å². The molecule has 1 aliphatic carbocycles. The highest BCUT2D eigenvalue weighted by Crippen LogP contribution is 2.37. The first-order valence-corrected chi connectivity index (χ1v) is 8.79. The molecular weight excluding hydrogens is 276 g/mol. The van der Waals surface area contributed by atoms with Gasteiger partial charge in [0.2, 0.25) is 0 Å². The summed E-state index contributed by atoms with van der Waals surface area (Å²) in [6.45, 7) is 10.2. The zero-order valence-corrected chi connectivity index (χ0v) is 15.1. The third-order valence-electron chi connectivity index (χ3n) is 4.45. The normalized spacial score (nSPS) is 18.0. The van der Waals surface area contributed by atoms with Crippen molar-refractivity contribution in [1.29, 1.82) is 0 Å². The number of ether oxygens (including phenoxy) is 1. The van der Waals surface area contributed by atoms with Gasteiger partial charge in [-0.25, -0.2) is 0 Å². The largest absolute Gasteiger partial charge is 0.385 e. The average molecular weight is 313 g/mol. The van der Waals surface area contributed by atoms with Crippen LogP contribution >= 0.6 is 0 Å². The van der Waals surface area contributed by atoms with Crippen LogP contribution in [0.25, 0.3) is 0 Å². The molecule has 0 spiro atoms. The van der Waals surface area contributed by atoms with Crippen LogP contribution in [0.3, 0.4) is 0 Å². The number of likely N-dealkylation sites (N-methyl/N-ethyl adjacent to an activating group) is 1. The predicted octanol–water partition coefficient (Wildman–Crippen LogP) is 2.09. The summed E-state index contributed by atoms with van der Waals surface area (Å²) in [6.07, 6.45) is 6.44. The quantitative estimate of drug-likeness (QED) is 0.368. The van der Waals surface area contributed by atoms with Gasteiger partial charge in [-0.15, -0.1) is 0 Å². The van der Waals surface area contributed by atoms with Gasteiger partial charge < -0.3 is 20.3 Å². The number of aliphatic imine (C=N–C) groups is 1. The summed E-state index contributed by atoms with van der Waals surface area (Å²) >= 11 is 0. The zero-order chi connectivity index (χ0) is 16.3. The second kappa shape index (κ2) is 10.8. The van der Waals surface area contributed by atoms with Crippen molar-refractivity contribution in [2.75, 3.05) is 53.5 Å². The van der Waals surface area contributed by atoms with Gasteiger partial charge in [0, 0.05) is 46.4 Å². The average Bonchev–Trinajstić information content (AvgIpc) is 2.92. The zero-order valence-electron chi connectivity index (χ0n) is 15.1. The SMILES string of the molecule is CCNC(=NCC1(C)CCCC1)NCCN(C)CCCOC. The van der Waals surface area contributed by atoms with E-state index in [0.717, 1.165) is 51.7 Å². The van der Waals surface area contributed by atoms with E-state index in [2.05, 4.69) is 36.4 Å². The minimum atomic E-state index is 0.416. The first kappa shape index (κ1) is 19.2. The van der Waals surface area contributed by atoms with E-state index in [1.165, 1.54) is 25.7 Å². The van der Waals surface area contributed by atoms with Crippen molar-refractivity contribution in [2.45, 2.75) is 46.0 Å². The van der Waals surface area contributed by atoms with Gasteiger partial charge in [-0.1, -0.05) is 19.8 Å². The Bertz CT molecular complexity index is 314. The molecule has 22 heavy (non-hydrogen) atoms. The van der Waals surface area contributed by atoms with Crippen LogP contribution in [0.5, 0.6) is 0 Å². The predicted molar refractivity (Wildman–Crippen MR) is 94.5 cm³/mol. The van der Waals surface area contributed by atoms with E-state index in [1.54, 1.807) is 7.11 Å². The molecule has 0 saturated heterocycles. The van der Waals surface area contributed by atoms with Gasteiger partial charge in [0.15, 0.2) is 5.96 Å². The molecule has 0 radical (unpaired) electrons. The molecule has 0 unspecified atom stereocenters. The Labute approximate surface area is 136 Å². The highest BCUT2D eigenvalue weighted by molar-refractivity contribution is 5.79. The Balaban J connectivity index is 2.27. The van der Waals surface area contributed by atoms with Crippen LogP contribution in [0.15, 0.2) is 4.99 Å². The molecule has 5 heteroatoms. The number of methoxy groups -OCH3 is 1. The van der Waals surface area contributed by atoms with E-state index < -0.39 is 0 Å². The molecule has 1 saturated carbocycles. The molecule has 0 heterocycles. The molecule has 0 aromatic rings. The fourth-order valence-electron chi connectivity index (χ4n) is 2.95. The molecule has 0 atom stereocenters. The van der Waals surface area contributed by atoms with Gasteiger partial charge >= 0.3 is 0 Å². The Morgan fingerprint density at radius 3 is 2.59 bits per heavy atom. The first-order chi connectivity index (χ1) is 10.6. The molecule has 1 aliphatic rings. The smallest absolute Gasteiger partial charge is 0.191 e. The summed E-state index contributed by atoms with van der Waals surface area (Å²) in [4.78, 5) is 7.12. The van der Waals surface area contributed by atoms with Crippen LogP contribution in [-0.4, -0.2) is 64.3 Å². The maximum absolute atomic E-state index is 5.09. The lowest BCUT2D eigenvalue weighted by Gasteiger charge is -2.22. The molecule has 2 N–H and O–H groups in total. The molecule has 0 amide bonds. The lowest BCUT2D eigenvalue weighted by atomic mass is 9.89. The number of hydrogen-bond acceptors (Lipinski definition) is 3. The third kappa shape index (κ3) is 7.99. The van der Waals surface area contributed by atoms with Gasteiger partial charge in [0.25, 0.3) is 0 Å². The molecule has 0 aliphatic heterocycles. The highest BCUT2D eigenvalue weighted by atomic mass is 16.5. The van der Waals surface area contributed by atoms with Gasteiger partial charge in [-0.3, -0.25) is 4.99 Å². The Morgan fingerprint density at radius 2 is 1.95 bits per heavy atom. The summed E-state index contributed by atoms with van der Waals surface area (Å²) in [6, 6.07) is 0. The first-order valence-electron chi connectivity index (χ1n) is 8.79. The summed E-state index contributed by atoms with van der Waals surface area (Å²) in [5.74, 6) is 0.959. The Morgan fingerprint density at radius 1 is 1.23 bits per heavy atom. The molecule has 0 bridgehead atoms.